The highest BCUT2D eigenvalue weighted by molar-refractivity contribution is 5.75. The molecular weight excluding hydrogens is 242 g/mol. The predicted molar refractivity (Wildman–Crippen MR) is 71.6 cm³/mol. The molecule has 19 heavy (non-hydrogen) atoms. The first-order valence-electron chi connectivity index (χ1n) is 7.18. The maximum absolute atomic E-state index is 11.7. The van der Waals surface area contributed by atoms with Crippen molar-refractivity contribution in [3.63, 3.8) is 0 Å². The Morgan fingerprint density at radius 3 is 3.05 bits per heavy atom. The van der Waals surface area contributed by atoms with Crippen LogP contribution in [0.4, 0.5) is 0 Å². The summed E-state index contributed by atoms with van der Waals surface area (Å²) in [5, 5.41) is 9.60. The van der Waals surface area contributed by atoms with Gasteiger partial charge >= 0.3 is 5.97 Å². The Labute approximate surface area is 113 Å². The summed E-state index contributed by atoms with van der Waals surface area (Å²) in [6.45, 7) is 3.92. The molecule has 0 bridgehead atoms. The van der Waals surface area contributed by atoms with Crippen LogP contribution >= 0.6 is 0 Å². The fraction of sp³-hybridized carbons (Fsp3) is 0.714. The van der Waals surface area contributed by atoms with E-state index in [1.54, 1.807) is 0 Å². The molecule has 1 heterocycles. The number of rotatable bonds is 6. The summed E-state index contributed by atoms with van der Waals surface area (Å²) in [7, 11) is 0. The van der Waals surface area contributed by atoms with Gasteiger partial charge in [0.05, 0.1) is 24.0 Å². The van der Waals surface area contributed by atoms with Gasteiger partial charge in [0.1, 0.15) is 0 Å². The molecule has 5 heteroatoms. The van der Waals surface area contributed by atoms with E-state index in [1.165, 1.54) is 5.69 Å². The van der Waals surface area contributed by atoms with Gasteiger partial charge in [-0.3, -0.25) is 4.79 Å². The molecule has 2 rings (SSSR count). The van der Waals surface area contributed by atoms with Gasteiger partial charge < -0.3 is 15.4 Å². The minimum Gasteiger partial charge on any atom is -0.481 e. The van der Waals surface area contributed by atoms with Gasteiger partial charge in [0.25, 0.3) is 0 Å². The van der Waals surface area contributed by atoms with E-state index < -0.39 is 11.4 Å². The fourth-order valence-corrected chi connectivity index (χ4v) is 3.05. The summed E-state index contributed by atoms with van der Waals surface area (Å²) < 4.78 is 2.18. The second-order valence-electron chi connectivity index (χ2n) is 5.55. The van der Waals surface area contributed by atoms with Crippen molar-refractivity contribution in [1.29, 1.82) is 0 Å². The lowest BCUT2D eigenvalue weighted by Crippen LogP contribution is -2.51. The van der Waals surface area contributed by atoms with Crippen molar-refractivity contribution in [2.24, 2.45) is 5.41 Å². The van der Waals surface area contributed by atoms with Gasteiger partial charge in [-0.2, -0.15) is 0 Å². The molecule has 0 spiro atoms. The van der Waals surface area contributed by atoms with Gasteiger partial charge in [-0.25, -0.2) is 4.98 Å². The summed E-state index contributed by atoms with van der Waals surface area (Å²) >= 11 is 0. The molecule has 0 unspecified atom stereocenters. The van der Waals surface area contributed by atoms with Crippen molar-refractivity contribution >= 4 is 5.97 Å². The van der Waals surface area contributed by atoms with Crippen LogP contribution in [0.1, 0.15) is 44.0 Å². The third-order valence-corrected chi connectivity index (χ3v) is 4.20. The van der Waals surface area contributed by atoms with Crippen LogP contribution < -0.4 is 5.73 Å². The molecule has 1 atom stereocenters. The molecule has 0 fully saturated rings. The third kappa shape index (κ3) is 2.66. The number of carbonyl (C=O) groups is 1. The monoisotopic (exact) mass is 266 g/mol. The minimum absolute atomic E-state index is 0.578. The van der Waals surface area contributed by atoms with E-state index in [2.05, 4.69) is 22.2 Å². The normalized spacial score (nSPS) is 22.2. The van der Waals surface area contributed by atoms with Crippen molar-refractivity contribution < 1.29 is 15.6 Å². The van der Waals surface area contributed by atoms with Crippen LogP contribution in [0, 0.1) is 5.41 Å². The highest BCUT2D eigenvalue weighted by Gasteiger charge is 2.42. The Hall–Kier alpha value is -1.36. The largest absolute Gasteiger partial charge is 0.481 e. The lowest BCUT2D eigenvalue weighted by Gasteiger charge is -2.32. The number of quaternary nitrogens is 1. The molecule has 0 radical (unpaired) electrons. The van der Waals surface area contributed by atoms with Crippen LogP contribution in [0.5, 0.6) is 0 Å². The number of nitrogens with zero attached hydrogens (tertiary/aromatic N) is 2. The highest BCUT2D eigenvalue weighted by atomic mass is 16.4. The number of aromatic nitrogens is 2. The van der Waals surface area contributed by atoms with Crippen LogP contribution in [0.15, 0.2) is 6.33 Å². The lowest BCUT2D eigenvalue weighted by molar-refractivity contribution is -0.369. The zero-order valence-corrected chi connectivity index (χ0v) is 11.7. The Morgan fingerprint density at radius 1 is 1.63 bits per heavy atom. The number of hydrogen-bond donors (Lipinski definition) is 2. The van der Waals surface area contributed by atoms with E-state index in [-0.39, 0.29) is 0 Å². The molecule has 4 N–H and O–H groups in total. The number of imidazole rings is 1. The minimum atomic E-state index is -0.670. The molecule has 0 aliphatic heterocycles. The number of aryl methyl sites for hydroxylation is 1. The molecule has 106 valence electrons. The van der Waals surface area contributed by atoms with E-state index in [0.717, 1.165) is 44.5 Å². The number of fused-ring (bicyclic) bond motifs is 1. The second kappa shape index (κ2) is 5.74. The zero-order valence-electron chi connectivity index (χ0n) is 11.7. The number of carboxylic acids is 1. The maximum atomic E-state index is 11.7. The first-order chi connectivity index (χ1) is 9.13. The van der Waals surface area contributed by atoms with Gasteiger partial charge in [0.15, 0.2) is 0 Å². The summed E-state index contributed by atoms with van der Waals surface area (Å²) in [5.41, 5.74) is 5.44. The molecule has 5 nitrogen and oxygen atoms in total. The lowest BCUT2D eigenvalue weighted by atomic mass is 9.71. The first kappa shape index (κ1) is 14.1. The molecule has 0 aromatic carbocycles. The smallest absolute Gasteiger partial charge is 0.310 e. The highest BCUT2D eigenvalue weighted by Crippen LogP contribution is 2.39. The summed E-state index contributed by atoms with van der Waals surface area (Å²) in [5.74, 6) is -0.670. The SMILES string of the molecule is CCCn1cnc2c1CC[C@@](CCC[NH3+])(C(=O)O)C2. The zero-order chi connectivity index (χ0) is 13.9. The molecule has 1 aromatic rings. The molecule has 0 saturated heterocycles. The van der Waals surface area contributed by atoms with E-state index in [9.17, 15) is 9.90 Å². The Kier molecular flexibility index (Phi) is 4.24. The fourth-order valence-electron chi connectivity index (χ4n) is 3.05. The number of aliphatic carboxylic acids is 1. The van der Waals surface area contributed by atoms with Crippen LogP contribution in [-0.4, -0.2) is 27.2 Å². The summed E-state index contributed by atoms with van der Waals surface area (Å²) in [6.07, 6.45) is 6.67. The Bertz CT molecular complexity index is 456. The predicted octanol–water partition coefficient (Wildman–Crippen LogP) is 0.875. The van der Waals surface area contributed by atoms with E-state index in [4.69, 9.17) is 0 Å². The maximum Gasteiger partial charge on any atom is 0.310 e. The number of hydrogen-bond acceptors (Lipinski definition) is 2. The molecular formula is C14H24N3O2+. The molecule has 1 aliphatic carbocycles. The molecule has 0 amide bonds. The Morgan fingerprint density at radius 2 is 2.42 bits per heavy atom. The van der Waals surface area contributed by atoms with E-state index >= 15 is 0 Å². The van der Waals surface area contributed by atoms with Gasteiger partial charge in [0, 0.05) is 18.7 Å². The van der Waals surface area contributed by atoms with Gasteiger partial charge in [-0.1, -0.05) is 6.92 Å². The van der Waals surface area contributed by atoms with Crippen molar-refractivity contribution in [3.05, 3.63) is 17.7 Å². The van der Waals surface area contributed by atoms with Crippen molar-refractivity contribution in [2.45, 2.75) is 52.0 Å². The van der Waals surface area contributed by atoms with Gasteiger partial charge in [-0.05, 0) is 32.1 Å². The van der Waals surface area contributed by atoms with Crippen molar-refractivity contribution in [1.82, 2.24) is 9.55 Å². The van der Waals surface area contributed by atoms with Crippen LogP contribution in [0.25, 0.3) is 0 Å². The van der Waals surface area contributed by atoms with Crippen molar-refractivity contribution in [3.8, 4) is 0 Å². The third-order valence-electron chi connectivity index (χ3n) is 4.20. The van der Waals surface area contributed by atoms with Crippen LogP contribution in [-0.2, 0) is 24.2 Å². The van der Waals surface area contributed by atoms with Crippen LogP contribution in [0.2, 0.25) is 0 Å². The first-order valence-corrected chi connectivity index (χ1v) is 7.18. The average Bonchev–Trinajstić information content (AvgIpc) is 2.79. The molecule has 1 aliphatic rings. The topological polar surface area (TPSA) is 82.8 Å². The van der Waals surface area contributed by atoms with E-state index in [1.807, 2.05) is 6.33 Å². The van der Waals surface area contributed by atoms with Crippen LogP contribution in [0.3, 0.4) is 0 Å². The van der Waals surface area contributed by atoms with Crippen molar-refractivity contribution in [2.75, 3.05) is 6.54 Å². The Balaban J connectivity index is 2.21. The van der Waals surface area contributed by atoms with Gasteiger partial charge in [0.2, 0.25) is 0 Å². The average molecular weight is 266 g/mol. The number of carboxylic acid groups (broad SMARTS) is 1. The standard InChI is InChI=1S/C14H23N3O2/c1-2-8-17-10-16-11-9-14(13(18)19,5-3-7-15)6-4-12(11)17/h10H,2-9,15H2,1H3,(H,18,19)/p+1/t14-/m1/s1. The summed E-state index contributed by atoms with van der Waals surface area (Å²) in [4.78, 5) is 16.1. The summed E-state index contributed by atoms with van der Waals surface area (Å²) in [6, 6.07) is 0. The quantitative estimate of drug-likeness (QED) is 0.801. The molecule has 0 saturated carbocycles. The van der Waals surface area contributed by atoms with Gasteiger partial charge in [-0.15, -0.1) is 0 Å². The molecule has 1 aromatic heterocycles. The van der Waals surface area contributed by atoms with E-state index in [0.29, 0.717) is 12.8 Å². The second-order valence-corrected chi connectivity index (χ2v) is 5.55.